The number of nitrogens with two attached hydrogens (primary N) is 1. The highest BCUT2D eigenvalue weighted by Crippen LogP contribution is 2.43. The summed E-state index contributed by atoms with van der Waals surface area (Å²) in [5.74, 6) is 0.818. The van der Waals surface area contributed by atoms with Crippen LogP contribution >= 0.6 is 11.8 Å². The van der Waals surface area contributed by atoms with Crippen molar-refractivity contribution in [2.45, 2.75) is 55.1 Å². The van der Waals surface area contributed by atoms with E-state index < -0.39 is 6.10 Å². The lowest BCUT2D eigenvalue weighted by molar-refractivity contribution is -0.141. The molecule has 35 heavy (non-hydrogen) atoms. The second kappa shape index (κ2) is 11.5. The van der Waals surface area contributed by atoms with Gasteiger partial charge in [-0.1, -0.05) is 6.92 Å². The van der Waals surface area contributed by atoms with Crippen LogP contribution in [0.4, 0.5) is 0 Å². The van der Waals surface area contributed by atoms with Crippen LogP contribution in [0.1, 0.15) is 13.8 Å². The van der Waals surface area contributed by atoms with Gasteiger partial charge in [0, 0.05) is 81.4 Å². The van der Waals surface area contributed by atoms with E-state index in [9.17, 15) is 9.90 Å². The van der Waals surface area contributed by atoms with Gasteiger partial charge in [0.1, 0.15) is 12.4 Å². The van der Waals surface area contributed by atoms with Crippen molar-refractivity contribution in [1.29, 1.82) is 0 Å². The molecule has 11 nitrogen and oxygen atoms in total. The normalized spacial score (nSPS) is 42.6. The number of fused-ring (bicyclic) bond motifs is 1. The Bertz CT molecular complexity index is 713. The molecule has 0 aromatic heterocycles. The van der Waals surface area contributed by atoms with Gasteiger partial charge in [0.05, 0.1) is 25.5 Å². The Morgan fingerprint density at radius 1 is 1.11 bits per heavy atom. The summed E-state index contributed by atoms with van der Waals surface area (Å²) < 4.78 is 5.66. The number of ether oxygens (including phenoxy) is 1. The van der Waals surface area contributed by atoms with Crippen LogP contribution in [0, 0.1) is 11.8 Å². The zero-order chi connectivity index (χ0) is 24.5. The molecule has 0 spiro atoms. The molecular weight excluding hydrogens is 468 g/mol. The van der Waals surface area contributed by atoms with Gasteiger partial charge in [-0.15, -0.1) is 11.8 Å². The molecular formula is C23H44N8O3S. The number of carbonyl (C=O) groups excluding carboxylic acids is 1. The van der Waals surface area contributed by atoms with Gasteiger partial charge in [-0.05, 0) is 12.8 Å². The number of piperazine rings is 1. The van der Waals surface area contributed by atoms with Crippen molar-refractivity contribution >= 4 is 17.7 Å². The van der Waals surface area contributed by atoms with Crippen molar-refractivity contribution < 1.29 is 14.6 Å². The second-order valence-electron chi connectivity index (χ2n) is 10.8. The summed E-state index contributed by atoms with van der Waals surface area (Å²) in [6.07, 6.45) is -0.486. The minimum atomic E-state index is -0.913. The molecule has 5 fully saturated rings. The highest BCUT2D eigenvalue weighted by molar-refractivity contribution is 8.01. The van der Waals surface area contributed by atoms with Crippen LogP contribution in [-0.2, 0) is 9.53 Å². The number of aliphatic hydroxyl groups is 1. The average Bonchev–Trinajstić information content (AvgIpc) is 3.19. The first-order valence-corrected chi connectivity index (χ1v) is 14.3. The van der Waals surface area contributed by atoms with Crippen molar-refractivity contribution in [1.82, 2.24) is 36.0 Å². The molecule has 12 heteroatoms. The van der Waals surface area contributed by atoms with E-state index in [0.717, 1.165) is 59.0 Å². The highest BCUT2D eigenvalue weighted by Gasteiger charge is 2.51. The first kappa shape index (κ1) is 26.1. The number of morpholine rings is 1. The molecule has 0 aromatic rings. The zero-order valence-electron chi connectivity index (χ0n) is 21.1. The van der Waals surface area contributed by atoms with Crippen LogP contribution in [-0.4, -0.2) is 139 Å². The zero-order valence-corrected chi connectivity index (χ0v) is 21.9. The fourth-order valence-corrected chi connectivity index (χ4v) is 8.26. The molecule has 0 saturated carbocycles. The third kappa shape index (κ3) is 5.82. The van der Waals surface area contributed by atoms with Gasteiger partial charge in [-0.2, -0.15) is 0 Å². The van der Waals surface area contributed by atoms with Crippen LogP contribution in [0.15, 0.2) is 0 Å². The molecule has 0 radical (unpaired) electrons. The van der Waals surface area contributed by atoms with Gasteiger partial charge in [0.2, 0.25) is 0 Å². The number of amides is 1. The fraction of sp³-hybridized carbons (Fsp3) is 0.957. The molecule has 7 atom stereocenters. The Hall–Kier alpha value is -0.540. The standard InChI is InChI=1S/C23H44N8O3S/c1-14-17(13-29-3-5-31(6-4-29)22(33)15(2)32)35-19-18(14)27-20(16-11-25-23(24)26-12-16)28-21(19)30-7-9-34-10-8-30/h14-21,23,25-28,32H,3-13,24H2,1-2H3/t14?,15-,16?,17?,18?,19?,20?,21?,23?/m1/s1. The Balaban J connectivity index is 1.23. The third-order valence-corrected chi connectivity index (χ3v) is 10.3. The Kier molecular flexibility index (Phi) is 8.54. The molecule has 0 bridgehead atoms. The number of hydrogen-bond donors (Lipinski definition) is 6. The molecule has 7 N–H and O–H groups in total. The van der Waals surface area contributed by atoms with Gasteiger partial charge in [-0.3, -0.25) is 35.9 Å². The van der Waals surface area contributed by atoms with E-state index in [0.29, 0.717) is 47.6 Å². The van der Waals surface area contributed by atoms with Crippen LogP contribution in [0.3, 0.4) is 0 Å². The van der Waals surface area contributed by atoms with Crippen LogP contribution in [0.5, 0.6) is 0 Å². The van der Waals surface area contributed by atoms with Crippen molar-refractivity contribution in [2.24, 2.45) is 17.6 Å². The van der Waals surface area contributed by atoms with Gasteiger partial charge < -0.3 is 20.5 Å². The van der Waals surface area contributed by atoms with E-state index in [1.54, 1.807) is 11.8 Å². The maximum atomic E-state index is 12.1. The third-order valence-electron chi connectivity index (χ3n) is 8.46. The minimum absolute atomic E-state index is 0.126. The summed E-state index contributed by atoms with van der Waals surface area (Å²) in [4.78, 5) is 19.0. The monoisotopic (exact) mass is 512 g/mol. The van der Waals surface area contributed by atoms with Gasteiger partial charge in [0.25, 0.3) is 5.91 Å². The van der Waals surface area contributed by atoms with Crippen molar-refractivity contribution in [3.05, 3.63) is 0 Å². The SMILES string of the molecule is CC1C(CN2CCN(C(=O)[C@@H](C)O)CC2)SC2C1NC(C1CNC(N)NC1)NC2N1CCOCC1. The van der Waals surface area contributed by atoms with E-state index in [1.807, 2.05) is 0 Å². The van der Waals surface area contributed by atoms with Gasteiger partial charge in [-0.25, -0.2) is 0 Å². The van der Waals surface area contributed by atoms with Crippen molar-refractivity contribution in [2.75, 3.05) is 72.1 Å². The van der Waals surface area contributed by atoms with E-state index in [2.05, 4.69) is 49.8 Å². The number of nitrogens with zero attached hydrogens (tertiary/aromatic N) is 3. The topological polar surface area (TPSA) is 130 Å². The number of hydrogen-bond acceptors (Lipinski definition) is 11. The number of nitrogens with one attached hydrogen (secondary N) is 4. The quantitative estimate of drug-likeness (QED) is 0.229. The molecule has 0 aromatic carbocycles. The number of aliphatic hydroxyl groups excluding tert-OH is 1. The lowest BCUT2D eigenvalue weighted by Gasteiger charge is -2.49. The van der Waals surface area contributed by atoms with Crippen molar-refractivity contribution in [3.8, 4) is 0 Å². The van der Waals surface area contributed by atoms with Crippen LogP contribution < -0.4 is 27.0 Å². The Labute approximate surface area is 213 Å². The largest absolute Gasteiger partial charge is 0.384 e. The van der Waals surface area contributed by atoms with E-state index in [4.69, 9.17) is 10.5 Å². The predicted molar refractivity (Wildman–Crippen MR) is 137 cm³/mol. The van der Waals surface area contributed by atoms with E-state index in [1.165, 1.54) is 0 Å². The summed E-state index contributed by atoms with van der Waals surface area (Å²) in [7, 11) is 0. The van der Waals surface area contributed by atoms with Gasteiger partial charge >= 0.3 is 0 Å². The second-order valence-corrected chi connectivity index (χ2v) is 12.2. The lowest BCUT2D eigenvalue weighted by atomic mass is 9.89. The molecule has 5 aliphatic heterocycles. The van der Waals surface area contributed by atoms with Crippen LogP contribution in [0.25, 0.3) is 0 Å². The molecule has 5 heterocycles. The summed E-state index contributed by atoms with van der Waals surface area (Å²) in [5, 5.41) is 25.4. The first-order valence-electron chi connectivity index (χ1n) is 13.3. The van der Waals surface area contributed by atoms with Crippen LogP contribution in [0.2, 0.25) is 0 Å². The van der Waals surface area contributed by atoms with Gasteiger partial charge in [0.15, 0.2) is 0 Å². The van der Waals surface area contributed by atoms with E-state index in [-0.39, 0.29) is 18.4 Å². The van der Waals surface area contributed by atoms with Crippen molar-refractivity contribution in [3.63, 3.8) is 0 Å². The molecule has 0 aliphatic carbocycles. The molecule has 200 valence electrons. The number of thioether (sulfide) groups is 1. The van der Waals surface area contributed by atoms with E-state index >= 15 is 0 Å². The summed E-state index contributed by atoms with van der Waals surface area (Å²) >= 11 is 2.14. The predicted octanol–water partition coefficient (Wildman–Crippen LogP) is -2.77. The average molecular weight is 513 g/mol. The highest BCUT2D eigenvalue weighted by atomic mass is 32.2. The number of rotatable bonds is 5. The minimum Gasteiger partial charge on any atom is -0.384 e. The summed E-state index contributed by atoms with van der Waals surface area (Å²) in [6, 6.07) is 0.442. The fourth-order valence-electron chi connectivity index (χ4n) is 6.25. The molecule has 5 aliphatic rings. The molecule has 1 amide bonds. The molecule has 6 unspecified atom stereocenters. The maximum absolute atomic E-state index is 12.1. The first-order chi connectivity index (χ1) is 16.9. The number of carbonyl (C=O) groups is 1. The smallest absolute Gasteiger partial charge is 0.251 e. The Morgan fingerprint density at radius 2 is 1.80 bits per heavy atom. The molecule has 5 rings (SSSR count). The Morgan fingerprint density at radius 3 is 2.46 bits per heavy atom. The lowest BCUT2D eigenvalue weighted by Crippen LogP contribution is -2.74. The summed E-state index contributed by atoms with van der Waals surface area (Å²) in [6.45, 7) is 13.5. The maximum Gasteiger partial charge on any atom is 0.251 e. The summed E-state index contributed by atoms with van der Waals surface area (Å²) in [5.41, 5.74) is 6.00. The molecule has 5 saturated heterocycles.